The van der Waals surface area contributed by atoms with Gasteiger partial charge in [0.1, 0.15) is 0 Å². The highest BCUT2D eigenvalue weighted by molar-refractivity contribution is 7.79. The Kier molecular flexibility index (Phi) is 1.90. The molecule has 1 saturated carbocycles. The van der Waals surface area contributed by atoms with E-state index in [4.69, 9.17) is 16.2 Å². The predicted octanol–water partition coefficient (Wildman–Crippen LogP) is 0.835. The molecule has 0 heterocycles. The Morgan fingerprint density at radius 1 is 1.88 bits per heavy atom. The maximum Gasteiger partial charge on any atom is 0.153 e. The highest BCUT2D eigenvalue weighted by Gasteiger charge is 2.36. The molecular formula is C4H7ClO2S. The largest absolute Gasteiger partial charge is 0.306 e. The van der Waals surface area contributed by atoms with Crippen LogP contribution in [0.4, 0.5) is 0 Å². The summed E-state index contributed by atoms with van der Waals surface area (Å²) in [7, 11) is 0. The van der Waals surface area contributed by atoms with E-state index in [1.807, 2.05) is 0 Å². The summed E-state index contributed by atoms with van der Waals surface area (Å²) in [5.41, 5.74) is 0. The topological polar surface area (TPSA) is 37.3 Å². The van der Waals surface area contributed by atoms with Gasteiger partial charge in [0.15, 0.2) is 11.1 Å². The second kappa shape index (κ2) is 2.33. The first-order valence-electron chi connectivity index (χ1n) is 2.41. The zero-order chi connectivity index (χ0) is 6.15. The van der Waals surface area contributed by atoms with Crippen LogP contribution in [0.1, 0.15) is 6.42 Å². The first kappa shape index (κ1) is 6.52. The van der Waals surface area contributed by atoms with Crippen molar-refractivity contribution in [3.8, 4) is 0 Å². The maximum absolute atomic E-state index is 10.0. The zero-order valence-corrected chi connectivity index (χ0v) is 5.78. The van der Waals surface area contributed by atoms with Crippen LogP contribution in [0, 0.1) is 5.92 Å². The van der Waals surface area contributed by atoms with Crippen LogP contribution >= 0.6 is 11.6 Å². The molecular weight excluding hydrogens is 148 g/mol. The van der Waals surface area contributed by atoms with Gasteiger partial charge in [-0.2, -0.15) is 0 Å². The lowest BCUT2D eigenvalue weighted by Crippen LogP contribution is -1.97. The van der Waals surface area contributed by atoms with E-state index in [1.54, 1.807) is 0 Å². The van der Waals surface area contributed by atoms with Gasteiger partial charge in [0.05, 0.1) is 5.75 Å². The Morgan fingerprint density at radius 2 is 2.38 bits per heavy atom. The van der Waals surface area contributed by atoms with Crippen molar-refractivity contribution in [2.75, 3.05) is 5.75 Å². The summed E-state index contributed by atoms with van der Waals surface area (Å²) in [6.45, 7) is 0. The summed E-state index contributed by atoms with van der Waals surface area (Å²) < 4.78 is 18.3. The average molecular weight is 155 g/mol. The fraction of sp³-hybridized carbons (Fsp3) is 1.00. The molecule has 1 aliphatic rings. The summed E-state index contributed by atoms with van der Waals surface area (Å²) in [5.74, 6) is 0.663. The van der Waals surface area contributed by atoms with E-state index in [-0.39, 0.29) is 5.38 Å². The van der Waals surface area contributed by atoms with Crippen molar-refractivity contribution in [1.82, 2.24) is 0 Å². The molecule has 0 saturated heterocycles. The summed E-state index contributed by atoms with van der Waals surface area (Å²) in [6, 6.07) is 0. The molecule has 3 atom stereocenters. The quantitative estimate of drug-likeness (QED) is 0.473. The number of hydrogen-bond acceptors (Lipinski definition) is 1. The molecule has 8 heavy (non-hydrogen) atoms. The van der Waals surface area contributed by atoms with Crippen LogP contribution in [-0.2, 0) is 11.1 Å². The minimum atomic E-state index is -1.64. The van der Waals surface area contributed by atoms with Gasteiger partial charge in [0.2, 0.25) is 0 Å². The van der Waals surface area contributed by atoms with Gasteiger partial charge in [-0.1, -0.05) is 0 Å². The van der Waals surface area contributed by atoms with Crippen molar-refractivity contribution in [2.24, 2.45) is 5.92 Å². The Hall–Kier alpha value is 0.400. The standard InChI is InChI=1S/C4H7ClO2S/c5-4-1-3(4)2-8(6)7/h3-4H,1-2H2,(H,6,7). The third-order valence-corrected chi connectivity index (χ3v) is 2.44. The number of halogens is 1. The van der Waals surface area contributed by atoms with Crippen molar-refractivity contribution < 1.29 is 8.76 Å². The van der Waals surface area contributed by atoms with Crippen LogP contribution in [0.5, 0.6) is 0 Å². The Bertz CT molecular complexity index is 117. The van der Waals surface area contributed by atoms with Crippen LogP contribution in [0.25, 0.3) is 0 Å². The molecule has 1 rings (SSSR count). The summed E-state index contributed by atoms with van der Waals surface area (Å²) in [5, 5.41) is 0.172. The molecule has 0 aromatic heterocycles. The Balaban J connectivity index is 2.14. The zero-order valence-electron chi connectivity index (χ0n) is 4.21. The third-order valence-electron chi connectivity index (χ3n) is 1.19. The number of rotatable bonds is 2. The monoisotopic (exact) mass is 154 g/mol. The van der Waals surface area contributed by atoms with Gasteiger partial charge < -0.3 is 4.55 Å². The molecule has 1 fully saturated rings. The van der Waals surface area contributed by atoms with Crippen molar-refractivity contribution in [3.63, 3.8) is 0 Å². The van der Waals surface area contributed by atoms with Gasteiger partial charge in [-0.05, 0) is 12.3 Å². The second-order valence-electron chi connectivity index (χ2n) is 2.00. The van der Waals surface area contributed by atoms with Crippen molar-refractivity contribution in [3.05, 3.63) is 0 Å². The first-order valence-corrected chi connectivity index (χ1v) is 4.13. The number of hydrogen-bond donors (Lipinski definition) is 1. The highest BCUT2D eigenvalue weighted by Crippen LogP contribution is 2.36. The molecule has 4 heteroatoms. The molecule has 3 unspecified atom stereocenters. The van der Waals surface area contributed by atoms with Crippen LogP contribution < -0.4 is 0 Å². The van der Waals surface area contributed by atoms with E-state index >= 15 is 0 Å². The van der Waals surface area contributed by atoms with Crippen LogP contribution in [-0.4, -0.2) is 19.9 Å². The molecule has 0 amide bonds. The predicted molar refractivity (Wildman–Crippen MR) is 33.4 cm³/mol. The lowest BCUT2D eigenvalue weighted by atomic mass is 10.5. The first-order chi connectivity index (χ1) is 3.70. The molecule has 2 nitrogen and oxygen atoms in total. The van der Waals surface area contributed by atoms with Crippen molar-refractivity contribution in [2.45, 2.75) is 11.8 Å². The molecule has 0 aromatic rings. The Labute approximate surface area is 55.5 Å². The smallest absolute Gasteiger partial charge is 0.153 e. The average Bonchev–Trinajstić information content (AvgIpc) is 2.17. The van der Waals surface area contributed by atoms with Crippen molar-refractivity contribution >= 4 is 22.7 Å². The SMILES string of the molecule is O=S(O)CC1CC1Cl. The molecule has 0 radical (unpaired) electrons. The fourth-order valence-corrected chi connectivity index (χ4v) is 1.72. The van der Waals surface area contributed by atoms with Crippen molar-refractivity contribution in [1.29, 1.82) is 0 Å². The van der Waals surface area contributed by atoms with Crippen LogP contribution in [0.15, 0.2) is 0 Å². The van der Waals surface area contributed by atoms with Gasteiger partial charge in [0, 0.05) is 5.38 Å². The van der Waals surface area contributed by atoms with Gasteiger partial charge in [-0.25, -0.2) is 4.21 Å². The van der Waals surface area contributed by atoms with Crippen LogP contribution in [0.3, 0.4) is 0 Å². The lowest BCUT2D eigenvalue weighted by molar-refractivity contribution is 0.560. The van der Waals surface area contributed by atoms with Gasteiger partial charge in [-0.3, -0.25) is 0 Å². The fourth-order valence-electron chi connectivity index (χ4n) is 0.566. The molecule has 1 aliphatic carbocycles. The van der Waals surface area contributed by atoms with E-state index in [9.17, 15) is 4.21 Å². The third kappa shape index (κ3) is 1.73. The van der Waals surface area contributed by atoms with E-state index in [2.05, 4.69) is 0 Å². The molecule has 48 valence electrons. The number of alkyl halides is 1. The molecule has 0 bridgehead atoms. The van der Waals surface area contributed by atoms with E-state index < -0.39 is 11.1 Å². The van der Waals surface area contributed by atoms with E-state index in [0.29, 0.717) is 11.7 Å². The summed E-state index contributed by atoms with van der Waals surface area (Å²) in [4.78, 5) is 0. The lowest BCUT2D eigenvalue weighted by Gasteiger charge is -1.86. The molecule has 0 aromatic carbocycles. The van der Waals surface area contributed by atoms with E-state index in [1.165, 1.54) is 0 Å². The normalized spacial score (nSPS) is 39.2. The molecule has 1 N–H and O–H groups in total. The minimum Gasteiger partial charge on any atom is -0.306 e. The molecule has 0 aliphatic heterocycles. The van der Waals surface area contributed by atoms with Crippen LogP contribution in [0.2, 0.25) is 0 Å². The maximum atomic E-state index is 10.0. The minimum absolute atomic E-state index is 0.172. The Morgan fingerprint density at radius 3 is 2.50 bits per heavy atom. The van der Waals surface area contributed by atoms with Gasteiger partial charge >= 0.3 is 0 Å². The van der Waals surface area contributed by atoms with Gasteiger partial charge in [0.25, 0.3) is 0 Å². The second-order valence-corrected chi connectivity index (χ2v) is 3.54. The highest BCUT2D eigenvalue weighted by atomic mass is 35.5. The summed E-state index contributed by atoms with van der Waals surface area (Å²) >= 11 is 3.91. The van der Waals surface area contributed by atoms with E-state index in [0.717, 1.165) is 6.42 Å². The van der Waals surface area contributed by atoms with Gasteiger partial charge in [-0.15, -0.1) is 11.6 Å². The molecule has 0 spiro atoms. The summed E-state index contributed by atoms with van der Waals surface area (Å²) in [6.07, 6.45) is 0.911.